The fourth-order valence-corrected chi connectivity index (χ4v) is 1.11. The van der Waals surface area contributed by atoms with E-state index in [1.807, 2.05) is 0 Å². The van der Waals surface area contributed by atoms with Crippen molar-refractivity contribution in [2.75, 3.05) is 0 Å². The number of hydrogen-bond donors (Lipinski definition) is 0. The zero-order chi connectivity index (χ0) is 11.8. The standard InChI is InChI=1S/C9H5F4N3/c10-6-1-2-8(14-5-6)16-4-3-7(15-16)9(11,12)13/h1-5H. The average molecular weight is 231 g/mol. The number of aromatic nitrogens is 3. The Bertz CT molecular complexity index is 486. The first kappa shape index (κ1) is 10.6. The van der Waals surface area contributed by atoms with Crippen molar-refractivity contribution >= 4 is 0 Å². The summed E-state index contributed by atoms with van der Waals surface area (Å²) in [4.78, 5) is 3.60. The molecule has 0 atom stereocenters. The maximum Gasteiger partial charge on any atom is 0.435 e. The van der Waals surface area contributed by atoms with Crippen LogP contribution in [0.1, 0.15) is 5.69 Å². The van der Waals surface area contributed by atoms with Gasteiger partial charge in [-0.25, -0.2) is 14.1 Å². The van der Waals surface area contributed by atoms with Gasteiger partial charge in [-0.1, -0.05) is 0 Å². The Labute approximate surface area is 87.3 Å². The van der Waals surface area contributed by atoms with Crippen LogP contribution in [0.4, 0.5) is 17.6 Å². The van der Waals surface area contributed by atoms with E-state index in [2.05, 4.69) is 10.1 Å². The summed E-state index contributed by atoms with van der Waals surface area (Å²) < 4.78 is 50.1. The third kappa shape index (κ3) is 2.02. The molecule has 0 aliphatic rings. The minimum absolute atomic E-state index is 0.122. The lowest BCUT2D eigenvalue weighted by Crippen LogP contribution is -2.07. The number of hydrogen-bond acceptors (Lipinski definition) is 2. The molecule has 7 heteroatoms. The summed E-state index contributed by atoms with van der Waals surface area (Å²) in [5, 5.41) is 3.29. The molecule has 2 rings (SSSR count). The topological polar surface area (TPSA) is 30.7 Å². The molecule has 2 aromatic heterocycles. The molecule has 0 saturated heterocycles. The van der Waals surface area contributed by atoms with Crippen molar-refractivity contribution in [1.29, 1.82) is 0 Å². The monoisotopic (exact) mass is 231 g/mol. The highest BCUT2D eigenvalue weighted by Gasteiger charge is 2.33. The average Bonchev–Trinajstić information content (AvgIpc) is 2.67. The van der Waals surface area contributed by atoms with Crippen molar-refractivity contribution in [3.63, 3.8) is 0 Å². The van der Waals surface area contributed by atoms with Crippen molar-refractivity contribution in [1.82, 2.24) is 14.8 Å². The summed E-state index contributed by atoms with van der Waals surface area (Å²) in [5.74, 6) is -0.441. The molecule has 0 radical (unpaired) electrons. The van der Waals surface area contributed by atoms with E-state index in [0.29, 0.717) is 0 Å². The predicted octanol–water partition coefficient (Wildman–Crippen LogP) is 2.43. The van der Waals surface area contributed by atoms with Gasteiger partial charge in [0.1, 0.15) is 5.82 Å². The second-order valence-electron chi connectivity index (χ2n) is 2.98. The van der Waals surface area contributed by atoms with Crippen LogP contribution in [0.15, 0.2) is 30.6 Å². The van der Waals surface area contributed by atoms with E-state index in [-0.39, 0.29) is 5.82 Å². The molecule has 3 nitrogen and oxygen atoms in total. The van der Waals surface area contributed by atoms with Crippen molar-refractivity contribution in [3.8, 4) is 5.82 Å². The quantitative estimate of drug-likeness (QED) is 0.705. The fraction of sp³-hybridized carbons (Fsp3) is 0.111. The smallest absolute Gasteiger partial charge is 0.234 e. The summed E-state index contributed by atoms with van der Waals surface area (Å²) in [5.41, 5.74) is -1.02. The Morgan fingerprint density at radius 1 is 1.12 bits per heavy atom. The Morgan fingerprint density at radius 3 is 2.38 bits per heavy atom. The largest absolute Gasteiger partial charge is 0.435 e. The zero-order valence-corrected chi connectivity index (χ0v) is 7.74. The highest BCUT2D eigenvalue weighted by Crippen LogP contribution is 2.27. The van der Waals surface area contributed by atoms with Gasteiger partial charge in [0, 0.05) is 6.20 Å². The lowest BCUT2D eigenvalue weighted by atomic mass is 10.4. The lowest BCUT2D eigenvalue weighted by molar-refractivity contribution is -0.141. The molecule has 84 valence electrons. The first-order chi connectivity index (χ1) is 7.47. The summed E-state index contributed by atoms with van der Waals surface area (Å²) in [6.45, 7) is 0. The van der Waals surface area contributed by atoms with E-state index >= 15 is 0 Å². The summed E-state index contributed by atoms with van der Waals surface area (Å²) >= 11 is 0. The van der Waals surface area contributed by atoms with E-state index in [9.17, 15) is 17.6 Å². The second kappa shape index (κ2) is 3.58. The minimum atomic E-state index is -4.49. The van der Waals surface area contributed by atoms with E-state index in [4.69, 9.17) is 0 Å². The fourth-order valence-electron chi connectivity index (χ4n) is 1.11. The molecule has 2 heterocycles. The normalized spacial score (nSPS) is 11.8. The van der Waals surface area contributed by atoms with Gasteiger partial charge in [0.05, 0.1) is 6.20 Å². The van der Waals surface area contributed by atoms with E-state index in [1.165, 1.54) is 6.07 Å². The minimum Gasteiger partial charge on any atom is -0.234 e. The van der Waals surface area contributed by atoms with Crippen LogP contribution in [0.3, 0.4) is 0 Å². The van der Waals surface area contributed by atoms with Gasteiger partial charge in [0.25, 0.3) is 0 Å². The summed E-state index contributed by atoms with van der Waals surface area (Å²) in [6.07, 6.45) is -2.47. The van der Waals surface area contributed by atoms with Gasteiger partial charge in [-0.15, -0.1) is 0 Å². The van der Waals surface area contributed by atoms with Crippen LogP contribution >= 0.6 is 0 Å². The molecule has 0 bridgehead atoms. The van der Waals surface area contributed by atoms with Gasteiger partial charge >= 0.3 is 6.18 Å². The first-order valence-corrected chi connectivity index (χ1v) is 4.21. The Hall–Kier alpha value is -1.92. The van der Waals surface area contributed by atoms with Gasteiger partial charge in [-0.2, -0.15) is 18.3 Å². The Morgan fingerprint density at radius 2 is 1.88 bits per heavy atom. The summed E-state index contributed by atoms with van der Waals surface area (Å²) in [6, 6.07) is 3.16. The maximum absolute atomic E-state index is 12.5. The Balaban J connectivity index is 2.35. The molecule has 0 aromatic carbocycles. The van der Waals surface area contributed by atoms with Crippen LogP contribution in [-0.4, -0.2) is 14.8 Å². The third-order valence-electron chi connectivity index (χ3n) is 1.83. The van der Waals surface area contributed by atoms with Crippen molar-refractivity contribution in [2.24, 2.45) is 0 Å². The van der Waals surface area contributed by atoms with Crippen LogP contribution < -0.4 is 0 Å². The van der Waals surface area contributed by atoms with E-state index < -0.39 is 17.7 Å². The molecular weight excluding hydrogens is 226 g/mol. The maximum atomic E-state index is 12.5. The number of pyridine rings is 1. The van der Waals surface area contributed by atoms with Crippen LogP contribution in [0.25, 0.3) is 5.82 Å². The molecule has 0 aliphatic heterocycles. The molecule has 0 amide bonds. The Kier molecular flexibility index (Phi) is 2.37. The molecule has 16 heavy (non-hydrogen) atoms. The third-order valence-corrected chi connectivity index (χ3v) is 1.83. The first-order valence-electron chi connectivity index (χ1n) is 4.21. The van der Waals surface area contributed by atoms with Gasteiger partial charge in [0.2, 0.25) is 0 Å². The molecule has 0 aliphatic carbocycles. The summed E-state index contributed by atoms with van der Waals surface area (Å²) in [7, 11) is 0. The van der Waals surface area contributed by atoms with Crippen molar-refractivity contribution < 1.29 is 17.6 Å². The number of halogens is 4. The van der Waals surface area contributed by atoms with Gasteiger partial charge < -0.3 is 0 Å². The number of rotatable bonds is 1. The molecule has 0 saturated carbocycles. The van der Waals surface area contributed by atoms with E-state index in [1.54, 1.807) is 0 Å². The van der Waals surface area contributed by atoms with Gasteiger partial charge in [0.15, 0.2) is 11.5 Å². The van der Waals surface area contributed by atoms with Gasteiger partial charge in [-0.05, 0) is 18.2 Å². The second-order valence-corrected chi connectivity index (χ2v) is 2.98. The number of alkyl halides is 3. The lowest BCUT2D eigenvalue weighted by Gasteiger charge is -2.01. The molecule has 0 unspecified atom stereocenters. The van der Waals surface area contributed by atoms with Crippen LogP contribution in [0.2, 0.25) is 0 Å². The van der Waals surface area contributed by atoms with Crippen molar-refractivity contribution in [3.05, 3.63) is 42.1 Å². The van der Waals surface area contributed by atoms with E-state index in [0.717, 1.165) is 29.2 Å². The highest BCUT2D eigenvalue weighted by molar-refractivity contribution is 5.22. The molecule has 0 fully saturated rings. The van der Waals surface area contributed by atoms with Crippen LogP contribution in [-0.2, 0) is 6.18 Å². The van der Waals surface area contributed by atoms with Crippen LogP contribution in [0, 0.1) is 5.82 Å². The predicted molar refractivity (Wildman–Crippen MR) is 46.3 cm³/mol. The molecule has 0 spiro atoms. The zero-order valence-electron chi connectivity index (χ0n) is 7.74. The van der Waals surface area contributed by atoms with Crippen molar-refractivity contribution in [2.45, 2.75) is 6.18 Å². The molecule has 0 N–H and O–H groups in total. The SMILES string of the molecule is Fc1ccc(-n2ccc(C(F)(F)F)n2)nc1. The number of nitrogens with zero attached hydrogens (tertiary/aromatic N) is 3. The van der Waals surface area contributed by atoms with Gasteiger partial charge in [-0.3, -0.25) is 0 Å². The molecular formula is C9H5F4N3. The molecule has 2 aromatic rings. The highest BCUT2D eigenvalue weighted by atomic mass is 19.4. The van der Waals surface area contributed by atoms with Crippen LogP contribution in [0.5, 0.6) is 0 Å².